The molecule has 0 atom stereocenters. The fraction of sp³-hybridized carbons (Fsp3) is 0.400. The van der Waals surface area contributed by atoms with Crippen molar-refractivity contribution in [1.29, 1.82) is 0 Å². The van der Waals surface area contributed by atoms with Gasteiger partial charge in [0.25, 0.3) is 0 Å². The first-order valence-corrected chi connectivity index (χ1v) is 7.22. The molecule has 2 rings (SSSR count). The first-order valence-electron chi connectivity index (χ1n) is 6.40. The van der Waals surface area contributed by atoms with E-state index >= 15 is 0 Å². The van der Waals surface area contributed by atoms with Gasteiger partial charge in [-0.1, -0.05) is 37.1 Å². The van der Waals surface area contributed by atoms with Gasteiger partial charge in [-0.3, -0.25) is 0 Å². The van der Waals surface area contributed by atoms with Crippen molar-refractivity contribution in [2.45, 2.75) is 40.0 Å². The number of nitrogens with two attached hydrogens (primary N) is 1. The van der Waals surface area contributed by atoms with Crippen LogP contribution in [0.4, 0.5) is 5.13 Å². The lowest BCUT2D eigenvalue weighted by Crippen LogP contribution is -1.95. The van der Waals surface area contributed by atoms with Crippen molar-refractivity contribution >= 4 is 16.5 Å². The Balaban J connectivity index is 2.27. The molecule has 18 heavy (non-hydrogen) atoms. The monoisotopic (exact) mass is 260 g/mol. The van der Waals surface area contributed by atoms with Gasteiger partial charge in [-0.2, -0.15) is 0 Å². The summed E-state index contributed by atoms with van der Waals surface area (Å²) in [5.41, 5.74) is 11.1. The molecule has 2 nitrogen and oxygen atoms in total. The molecule has 1 heterocycles. The Labute approximate surface area is 113 Å². The average molecular weight is 260 g/mol. The Morgan fingerprint density at radius 2 is 2.06 bits per heavy atom. The number of nitrogen functional groups attached to an aromatic ring is 1. The van der Waals surface area contributed by atoms with Crippen molar-refractivity contribution < 1.29 is 0 Å². The number of rotatable bonds is 4. The van der Waals surface area contributed by atoms with E-state index in [-0.39, 0.29) is 0 Å². The van der Waals surface area contributed by atoms with Crippen molar-refractivity contribution in [1.82, 2.24) is 4.98 Å². The molecule has 0 aliphatic heterocycles. The molecule has 3 heteroatoms. The molecular formula is C15H20N2S. The van der Waals surface area contributed by atoms with E-state index in [1.54, 1.807) is 11.3 Å². The molecule has 0 bridgehead atoms. The molecule has 2 N–H and O–H groups in total. The highest BCUT2D eigenvalue weighted by Gasteiger charge is 2.10. The van der Waals surface area contributed by atoms with Gasteiger partial charge in [0.2, 0.25) is 0 Å². The summed E-state index contributed by atoms with van der Waals surface area (Å²) in [7, 11) is 0. The van der Waals surface area contributed by atoms with E-state index in [0.717, 1.165) is 19.3 Å². The van der Waals surface area contributed by atoms with Crippen molar-refractivity contribution in [3.63, 3.8) is 0 Å². The molecule has 0 aliphatic rings. The summed E-state index contributed by atoms with van der Waals surface area (Å²) in [6.45, 7) is 6.48. The third kappa shape index (κ3) is 2.91. The predicted molar refractivity (Wildman–Crippen MR) is 79.2 cm³/mol. The molecule has 0 fully saturated rings. The average Bonchev–Trinajstić information content (AvgIpc) is 2.64. The minimum Gasteiger partial charge on any atom is -0.375 e. The summed E-state index contributed by atoms with van der Waals surface area (Å²) in [6, 6.07) is 6.63. The summed E-state index contributed by atoms with van der Waals surface area (Å²) in [5, 5.41) is 0.693. The lowest BCUT2D eigenvalue weighted by Gasteiger charge is -2.06. The summed E-state index contributed by atoms with van der Waals surface area (Å²) < 4.78 is 0. The number of hydrogen-bond acceptors (Lipinski definition) is 3. The highest BCUT2D eigenvalue weighted by atomic mass is 32.1. The number of benzene rings is 1. The normalized spacial score (nSPS) is 10.8. The molecule has 0 radical (unpaired) electrons. The van der Waals surface area contributed by atoms with Gasteiger partial charge in [-0.15, -0.1) is 11.3 Å². The summed E-state index contributed by atoms with van der Waals surface area (Å²) in [5.74, 6) is 0. The van der Waals surface area contributed by atoms with Gasteiger partial charge in [-0.05, 0) is 31.4 Å². The summed E-state index contributed by atoms with van der Waals surface area (Å²) in [6.07, 6.45) is 3.09. The quantitative estimate of drug-likeness (QED) is 0.906. The number of nitrogens with zero attached hydrogens (tertiary/aromatic N) is 1. The van der Waals surface area contributed by atoms with E-state index in [4.69, 9.17) is 5.73 Å². The van der Waals surface area contributed by atoms with E-state index in [0.29, 0.717) is 5.13 Å². The third-order valence-electron chi connectivity index (χ3n) is 3.13. The second-order valence-electron chi connectivity index (χ2n) is 4.78. The Hall–Kier alpha value is -1.35. The summed E-state index contributed by atoms with van der Waals surface area (Å²) in [4.78, 5) is 5.76. The molecular weight excluding hydrogens is 240 g/mol. The molecule has 96 valence electrons. The SMILES string of the molecule is CCCc1nc(N)sc1Cc1ccc(C)cc1C. The van der Waals surface area contributed by atoms with Crippen molar-refractivity contribution in [3.05, 3.63) is 45.5 Å². The number of hydrogen-bond donors (Lipinski definition) is 1. The zero-order valence-electron chi connectivity index (χ0n) is 11.3. The van der Waals surface area contributed by atoms with Crippen LogP contribution >= 0.6 is 11.3 Å². The lowest BCUT2D eigenvalue weighted by molar-refractivity contribution is 0.879. The van der Waals surface area contributed by atoms with E-state index in [1.165, 1.54) is 27.3 Å². The number of aryl methyl sites for hydroxylation is 3. The molecule has 2 aromatic rings. The summed E-state index contributed by atoms with van der Waals surface area (Å²) >= 11 is 1.63. The van der Waals surface area contributed by atoms with Crippen molar-refractivity contribution in [3.8, 4) is 0 Å². The second-order valence-corrected chi connectivity index (χ2v) is 5.89. The van der Waals surface area contributed by atoms with Gasteiger partial charge in [0.15, 0.2) is 5.13 Å². The van der Waals surface area contributed by atoms with Gasteiger partial charge in [0, 0.05) is 11.3 Å². The fourth-order valence-electron chi connectivity index (χ4n) is 2.19. The molecule has 0 saturated carbocycles. The number of thiazole rings is 1. The van der Waals surface area contributed by atoms with E-state index in [9.17, 15) is 0 Å². The van der Waals surface area contributed by atoms with E-state index < -0.39 is 0 Å². The first kappa shape index (κ1) is 13.1. The Morgan fingerprint density at radius 3 is 2.72 bits per heavy atom. The van der Waals surface area contributed by atoms with Gasteiger partial charge >= 0.3 is 0 Å². The van der Waals surface area contributed by atoms with Gasteiger partial charge in [0.05, 0.1) is 5.69 Å². The maximum absolute atomic E-state index is 5.83. The molecule has 0 spiro atoms. The van der Waals surface area contributed by atoms with Crippen LogP contribution in [0.15, 0.2) is 18.2 Å². The van der Waals surface area contributed by atoms with Crippen LogP contribution in [0.1, 0.15) is 40.6 Å². The molecule has 0 saturated heterocycles. The highest BCUT2D eigenvalue weighted by Crippen LogP contribution is 2.26. The van der Waals surface area contributed by atoms with Crippen LogP contribution in [0.3, 0.4) is 0 Å². The van der Waals surface area contributed by atoms with Crippen LogP contribution in [0.5, 0.6) is 0 Å². The Morgan fingerprint density at radius 1 is 1.28 bits per heavy atom. The van der Waals surface area contributed by atoms with Gasteiger partial charge in [-0.25, -0.2) is 4.98 Å². The zero-order valence-corrected chi connectivity index (χ0v) is 12.1. The maximum atomic E-state index is 5.83. The van der Waals surface area contributed by atoms with Crippen LogP contribution in [0, 0.1) is 13.8 Å². The Bertz CT molecular complexity index is 543. The smallest absolute Gasteiger partial charge is 0.180 e. The van der Waals surface area contributed by atoms with E-state index in [1.807, 2.05) is 0 Å². The van der Waals surface area contributed by atoms with E-state index in [2.05, 4.69) is 44.0 Å². The van der Waals surface area contributed by atoms with Crippen LogP contribution in [-0.4, -0.2) is 4.98 Å². The van der Waals surface area contributed by atoms with Crippen molar-refractivity contribution in [2.75, 3.05) is 5.73 Å². The zero-order chi connectivity index (χ0) is 13.1. The van der Waals surface area contributed by atoms with Crippen LogP contribution in [-0.2, 0) is 12.8 Å². The maximum Gasteiger partial charge on any atom is 0.180 e. The van der Waals surface area contributed by atoms with Gasteiger partial charge in [0.1, 0.15) is 0 Å². The minimum absolute atomic E-state index is 0.693. The standard InChI is InChI=1S/C15H20N2S/c1-4-5-13-14(18-15(16)17-13)9-12-7-6-10(2)8-11(12)3/h6-8H,4-5,9H2,1-3H3,(H2,16,17). The largest absolute Gasteiger partial charge is 0.375 e. The molecule has 0 aliphatic carbocycles. The molecule has 0 unspecified atom stereocenters. The van der Waals surface area contributed by atoms with Gasteiger partial charge < -0.3 is 5.73 Å². The third-order valence-corrected chi connectivity index (χ3v) is 4.06. The van der Waals surface area contributed by atoms with Crippen LogP contribution in [0.2, 0.25) is 0 Å². The molecule has 0 amide bonds. The topological polar surface area (TPSA) is 38.9 Å². The number of aromatic nitrogens is 1. The van der Waals surface area contributed by atoms with Crippen LogP contribution in [0.25, 0.3) is 0 Å². The Kier molecular flexibility index (Phi) is 4.02. The first-order chi connectivity index (χ1) is 8.60. The van der Waals surface area contributed by atoms with Crippen LogP contribution < -0.4 is 5.73 Å². The highest BCUT2D eigenvalue weighted by molar-refractivity contribution is 7.15. The molecule has 1 aromatic heterocycles. The fourth-order valence-corrected chi connectivity index (χ4v) is 3.09. The second kappa shape index (κ2) is 5.53. The lowest BCUT2D eigenvalue weighted by atomic mass is 10.0. The minimum atomic E-state index is 0.693. The van der Waals surface area contributed by atoms with Crippen molar-refractivity contribution in [2.24, 2.45) is 0 Å². The predicted octanol–water partition coefficient (Wildman–Crippen LogP) is 3.89. The number of anilines is 1. The molecule has 1 aromatic carbocycles.